The minimum Gasteiger partial charge on any atom is -0.310 e. The average molecular weight is 496 g/mol. The standard InChI is InChI=1S/C38H25N/c1-3-12-26(13-4-1)31-19-7-8-23-36(31)39(29-17-5-2-6-18-29)30-24-28-16-11-21-33-32-20-9-14-27-15-10-22-34(37(27)32)35(25-30)38(28)33/h1-25H. The molecule has 0 saturated heterocycles. The molecule has 0 heterocycles. The highest BCUT2D eigenvalue weighted by Gasteiger charge is 2.20. The summed E-state index contributed by atoms with van der Waals surface area (Å²) in [6.07, 6.45) is 0. The van der Waals surface area contributed by atoms with Crippen LogP contribution < -0.4 is 4.90 Å². The summed E-state index contributed by atoms with van der Waals surface area (Å²) in [4.78, 5) is 2.41. The van der Waals surface area contributed by atoms with Gasteiger partial charge in [-0.05, 0) is 79.0 Å². The van der Waals surface area contributed by atoms with E-state index < -0.39 is 0 Å². The van der Waals surface area contributed by atoms with Crippen molar-refractivity contribution in [2.45, 2.75) is 0 Å². The number of hydrogen-bond acceptors (Lipinski definition) is 1. The molecule has 1 heteroatoms. The number of rotatable bonds is 4. The van der Waals surface area contributed by atoms with Crippen molar-refractivity contribution in [1.29, 1.82) is 0 Å². The fraction of sp³-hybridized carbons (Fsp3) is 0. The van der Waals surface area contributed by atoms with E-state index in [2.05, 4.69) is 157 Å². The van der Waals surface area contributed by atoms with Gasteiger partial charge in [-0.2, -0.15) is 0 Å². The fourth-order valence-corrected chi connectivity index (χ4v) is 6.30. The summed E-state index contributed by atoms with van der Waals surface area (Å²) in [5.74, 6) is 0. The number of nitrogens with zero attached hydrogens (tertiary/aromatic N) is 1. The maximum atomic E-state index is 2.41. The Labute approximate surface area is 227 Å². The number of hydrogen-bond donors (Lipinski definition) is 0. The topological polar surface area (TPSA) is 3.24 Å². The Bertz CT molecular complexity index is 2100. The van der Waals surface area contributed by atoms with Gasteiger partial charge in [0.15, 0.2) is 0 Å². The first kappa shape index (κ1) is 21.9. The van der Waals surface area contributed by atoms with Gasteiger partial charge in [0, 0.05) is 16.9 Å². The highest BCUT2D eigenvalue weighted by molar-refractivity contribution is 6.33. The summed E-state index contributed by atoms with van der Waals surface area (Å²) in [6.45, 7) is 0. The lowest BCUT2D eigenvalue weighted by molar-refractivity contribution is 1.29. The van der Waals surface area contributed by atoms with Crippen LogP contribution in [0.2, 0.25) is 0 Å². The second-order valence-electron chi connectivity index (χ2n) is 10.2. The van der Waals surface area contributed by atoms with Crippen LogP contribution in [0, 0.1) is 0 Å². The first-order valence-corrected chi connectivity index (χ1v) is 13.5. The molecule has 0 aliphatic heterocycles. The third-order valence-corrected chi connectivity index (χ3v) is 7.95. The fourth-order valence-electron chi connectivity index (χ4n) is 6.30. The Morgan fingerprint density at radius 3 is 1.64 bits per heavy atom. The first-order valence-electron chi connectivity index (χ1n) is 13.5. The predicted molar refractivity (Wildman–Crippen MR) is 168 cm³/mol. The molecule has 8 aromatic carbocycles. The molecule has 0 saturated carbocycles. The van der Waals surface area contributed by atoms with Crippen LogP contribution >= 0.6 is 0 Å². The summed E-state index contributed by atoms with van der Waals surface area (Å²) in [7, 11) is 0. The molecule has 182 valence electrons. The van der Waals surface area contributed by atoms with E-state index in [-0.39, 0.29) is 0 Å². The maximum Gasteiger partial charge on any atom is 0.0540 e. The van der Waals surface area contributed by atoms with Crippen molar-refractivity contribution in [3.8, 4) is 11.1 Å². The normalized spacial score (nSPS) is 11.6. The smallest absolute Gasteiger partial charge is 0.0540 e. The van der Waals surface area contributed by atoms with Gasteiger partial charge in [-0.1, -0.05) is 121 Å². The largest absolute Gasteiger partial charge is 0.310 e. The molecule has 0 aliphatic carbocycles. The maximum absolute atomic E-state index is 2.41. The summed E-state index contributed by atoms with van der Waals surface area (Å²) in [5, 5.41) is 10.4. The number of anilines is 3. The lowest BCUT2D eigenvalue weighted by Crippen LogP contribution is -2.11. The van der Waals surface area contributed by atoms with Crippen molar-refractivity contribution in [3.63, 3.8) is 0 Å². The summed E-state index contributed by atoms with van der Waals surface area (Å²) in [5.41, 5.74) is 5.86. The van der Waals surface area contributed by atoms with Gasteiger partial charge in [-0.15, -0.1) is 0 Å². The van der Waals surface area contributed by atoms with Crippen LogP contribution in [0.15, 0.2) is 152 Å². The van der Waals surface area contributed by atoms with Crippen molar-refractivity contribution in [2.24, 2.45) is 0 Å². The lowest BCUT2D eigenvalue weighted by atomic mass is 9.89. The van der Waals surface area contributed by atoms with Crippen LogP contribution in [0.25, 0.3) is 54.2 Å². The molecule has 8 aromatic rings. The zero-order chi connectivity index (χ0) is 25.8. The van der Waals surface area contributed by atoms with E-state index in [4.69, 9.17) is 0 Å². The third-order valence-electron chi connectivity index (χ3n) is 7.95. The molecule has 8 rings (SSSR count). The van der Waals surface area contributed by atoms with E-state index in [1.807, 2.05) is 0 Å². The van der Waals surface area contributed by atoms with E-state index >= 15 is 0 Å². The molecule has 39 heavy (non-hydrogen) atoms. The molecule has 0 amide bonds. The summed E-state index contributed by atoms with van der Waals surface area (Å²) < 4.78 is 0. The molecule has 0 spiro atoms. The van der Waals surface area contributed by atoms with Crippen molar-refractivity contribution in [2.75, 3.05) is 4.90 Å². The van der Waals surface area contributed by atoms with Gasteiger partial charge in [0.25, 0.3) is 0 Å². The van der Waals surface area contributed by atoms with E-state index in [1.54, 1.807) is 0 Å². The van der Waals surface area contributed by atoms with Crippen LogP contribution in [0.3, 0.4) is 0 Å². The van der Waals surface area contributed by atoms with Gasteiger partial charge >= 0.3 is 0 Å². The van der Waals surface area contributed by atoms with Gasteiger partial charge < -0.3 is 4.90 Å². The number of fused-ring (bicyclic) bond motifs is 2. The van der Waals surface area contributed by atoms with E-state index in [1.165, 1.54) is 54.2 Å². The molecule has 0 unspecified atom stereocenters. The van der Waals surface area contributed by atoms with Crippen LogP contribution in [0.1, 0.15) is 0 Å². The molecular weight excluding hydrogens is 470 g/mol. The quantitative estimate of drug-likeness (QED) is 0.173. The van der Waals surface area contributed by atoms with E-state index in [0.717, 1.165) is 17.1 Å². The van der Waals surface area contributed by atoms with E-state index in [9.17, 15) is 0 Å². The number of para-hydroxylation sites is 2. The number of benzene rings is 8. The van der Waals surface area contributed by atoms with Gasteiger partial charge in [0.1, 0.15) is 0 Å². The van der Waals surface area contributed by atoms with Crippen LogP contribution in [-0.4, -0.2) is 0 Å². The van der Waals surface area contributed by atoms with Gasteiger partial charge in [-0.3, -0.25) is 0 Å². The van der Waals surface area contributed by atoms with Gasteiger partial charge in [0.2, 0.25) is 0 Å². The van der Waals surface area contributed by atoms with Gasteiger partial charge in [0.05, 0.1) is 5.69 Å². The van der Waals surface area contributed by atoms with Crippen LogP contribution in [-0.2, 0) is 0 Å². The highest BCUT2D eigenvalue weighted by Crippen LogP contribution is 2.46. The van der Waals surface area contributed by atoms with Crippen LogP contribution in [0.5, 0.6) is 0 Å². The van der Waals surface area contributed by atoms with Crippen molar-refractivity contribution < 1.29 is 0 Å². The monoisotopic (exact) mass is 495 g/mol. The van der Waals surface area contributed by atoms with Crippen molar-refractivity contribution in [1.82, 2.24) is 0 Å². The Kier molecular flexibility index (Phi) is 4.89. The Morgan fingerprint density at radius 1 is 0.359 bits per heavy atom. The Balaban J connectivity index is 1.49. The molecule has 0 radical (unpaired) electrons. The van der Waals surface area contributed by atoms with Gasteiger partial charge in [-0.25, -0.2) is 0 Å². The minimum absolute atomic E-state index is 1.14. The molecule has 0 atom stereocenters. The molecule has 0 N–H and O–H groups in total. The second-order valence-corrected chi connectivity index (χ2v) is 10.2. The molecule has 0 fully saturated rings. The first-order chi connectivity index (χ1) is 19.4. The zero-order valence-corrected chi connectivity index (χ0v) is 21.4. The predicted octanol–water partition coefficient (Wildman–Crippen LogP) is 10.9. The molecule has 1 nitrogen and oxygen atoms in total. The second kappa shape index (κ2) is 8.72. The minimum atomic E-state index is 1.14. The summed E-state index contributed by atoms with van der Waals surface area (Å²) >= 11 is 0. The average Bonchev–Trinajstić information content (AvgIpc) is 3.01. The van der Waals surface area contributed by atoms with Crippen molar-refractivity contribution in [3.05, 3.63) is 152 Å². The highest BCUT2D eigenvalue weighted by atomic mass is 15.1. The Hall–Kier alpha value is -5.14. The SMILES string of the molecule is c1ccc(-c2ccccc2N(c2ccccc2)c2cc3cccc4c5cccc6cccc(c(c2)c34)c65)cc1. The Morgan fingerprint density at radius 2 is 0.923 bits per heavy atom. The zero-order valence-electron chi connectivity index (χ0n) is 21.4. The third kappa shape index (κ3) is 3.41. The molecule has 0 aromatic heterocycles. The molecule has 0 bridgehead atoms. The van der Waals surface area contributed by atoms with E-state index in [0.29, 0.717) is 0 Å². The van der Waals surface area contributed by atoms with Crippen LogP contribution in [0.4, 0.5) is 17.1 Å². The van der Waals surface area contributed by atoms with Crippen molar-refractivity contribution >= 4 is 60.2 Å². The molecular formula is C38H25N. The molecule has 0 aliphatic rings. The lowest BCUT2D eigenvalue weighted by Gasteiger charge is -2.29. The summed E-state index contributed by atoms with van der Waals surface area (Å²) in [6, 6.07) is 55.0.